The fourth-order valence-electron chi connectivity index (χ4n) is 3.22. The average molecular weight is 356 g/mol. The fraction of sp³-hybridized carbons (Fsp3) is 0.588. The molecule has 5 heteroatoms. The van der Waals surface area contributed by atoms with Crippen LogP contribution in [0.1, 0.15) is 23.2 Å². The maximum atomic E-state index is 12.7. The molecule has 0 radical (unpaired) electrons. The van der Waals surface area contributed by atoms with Gasteiger partial charge in [0.25, 0.3) is 0 Å². The molecule has 2 nitrogen and oxygen atoms in total. The van der Waals surface area contributed by atoms with Crippen molar-refractivity contribution >= 4 is 40.9 Å². The molecule has 1 aromatic carbocycles. The first-order chi connectivity index (χ1) is 10.7. The summed E-state index contributed by atoms with van der Waals surface area (Å²) in [5.74, 6) is 5.40. The molecular formula is C17H22ClNOS2. The molecule has 0 spiro atoms. The van der Waals surface area contributed by atoms with Gasteiger partial charge in [0.2, 0.25) is 0 Å². The molecule has 0 N–H and O–H groups in total. The fourth-order valence-corrected chi connectivity index (χ4v) is 5.97. The molecule has 2 aliphatic rings. The normalized spacial score (nSPS) is 24.9. The van der Waals surface area contributed by atoms with Gasteiger partial charge in [-0.3, -0.25) is 9.69 Å². The molecule has 2 saturated heterocycles. The second-order valence-corrected chi connectivity index (χ2v) is 8.74. The number of ketones is 1. The summed E-state index contributed by atoms with van der Waals surface area (Å²) in [6, 6.07) is 7.99. The van der Waals surface area contributed by atoms with E-state index in [1.165, 1.54) is 23.0 Å². The Labute approximate surface area is 146 Å². The molecule has 0 aliphatic carbocycles. The van der Waals surface area contributed by atoms with Crippen LogP contribution >= 0.6 is 35.1 Å². The van der Waals surface area contributed by atoms with E-state index >= 15 is 0 Å². The molecule has 0 saturated carbocycles. The van der Waals surface area contributed by atoms with Gasteiger partial charge in [-0.1, -0.05) is 11.6 Å². The Bertz CT molecular complexity index is 500. The number of hydrogen-bond donors (Lipinski definition) is 0. The third-order valence-corrected chi connectivity index (χ3v) is 7.20. The zero-order valence-electron chi connectivity index (χ0n) is 12.7. The van der Waals surface area contributed by atoms with Crippen LogP contribution in [0.3, 0.4) is 0 Å². The number of thioether (sulfide) groups is 2. The van der Waals surface area contributed by atoms with Gasteiger partial charge >= 0.3 is 0 Å². The van der Waals surface area contributed by atoms with Crippen molar-refractivity contribution in [1.29, 1.82) is 0 Å². The summed E-state index contributed by atoms with van der Waals surface area (Å²) < 4.78 is 0. The lowest BCUT2D eigenvalue weighted by molar-refractivity contribution is 0.0787. The minimum atomic E-state index is 0.146. The highest BCUT2D eigenvalue weighted by molar-refractivity contribution is 8.03. The van der Waals surface area contributed by atoms with Crippen molar-refractivity contribution in [2.24, 2.45) is 5.92 Å². The Hall–Kier alpha value is -0.160. The predicted molar refractivity (Wildman–Crippen MR) is 98.5 cm³/mol. The molecular weight excluding hydrogens is 334 g/mol. The van der Waals surface area contributed by atoms with Crippen molar-refractivity contribution < 1.29 is 4.79 Å². The van der Waals surface area contributed by atoms with Crippen LogP contribution in [0.2, 0.25) is 5.02 Å². The van der Waals surface area contributed by atoms with Crippen molar-refractivity contribution in [1.82, 2.24) is 4.90 Å². The number of nitrogens with zero attached hydrogens (tertiary/aromatic N) is 1. The molecule has 1 aromatic rings. The molecule has 2 heterocycles. The quantitative estimate of drug-likeness (QED) is 0.761. The number of likely N-dealkylation sites (tertiary alicyclic amines) is 1. The van der Waals surface area contributed by atoms with E-state index in [9.17, 15) is 4.79 Å². The number of carbonyl (C=O) groups excluding carboxylic acids is 1. The highest BCUT2D eigenvalue weighted by atomic mass is 35.5. The molecule has 0 amide bonds. The van der Waals surface area contributed by atoms with Gasteiger partial charge in [0, 0.05) is 52.1 Å². The zero-order valence-corrected chi connectivity index (χ0v) is 15.1. The molecule has 0 bridgehead atoms. The van der Waals surface area contributed by atoms with Crippen LogP contribution in [0.5, 0.6) is 0 Å². The third-order valence-electron chi connectivity index (χ3n) is 4.46. The van der Waals surface area contributed by atoms with E-state index in [-0.39, 0.29) is 11.7 Å². The van der Waals surface area contributed by atoms with Gasteiger partial charge in [0.15, 0.2) is 5.78 Å². The van der Waals surface area contributed by atoms with Gasteiger partial charge in [-0.05, 0) is 43.7 Å². The topological polar surface area (TPSA) is 20.3 Å². The minimum absolute atomic E-state index is 0.146. The Balaban J connectivity index is 1.64. The van der Waals surface area contributed by atoms with E-state index in [1.54, 1.807) is 0 Å². The SMILES string of the molecule is O=C(c1ccc(Cl)cc1)C1CCCN(C2CSCCSC2)C1. The summed E-state index contributed by atoms with van der Waals surface area (Å²) in [6.07, 6.45) is 2.15. The molecule has 22 heavy (non-hydrogen) atoms. The van der Waals surface area contributed by atoms with Gasteiger partial charge in [0.05, 0.1) is 0 Å². The largest absolute Gasteiger partial charge is 0.298 e. The minimum Gasteiger partial charge on any atom is -0.298 e. The van der Waals surface area contributed by atoms with Crippen molar-refractivity contribution in [3.8, 4) is 0 Å². The third kappa shape index (κ3) is 4.22. The first-order valence-corrected chi connectivity index (χ1v) is 10.6. The maximum Gasteiger partial charge on any atom is 0.167 e. The number of halogens is 1. The number of rotatable bonds is 3. The van der Waals surface area contributed by atoms with Crippen LogP contribution in [-0.4, -0.2) is 52.8 Å². The van der Waals surface area contributed by atoms with Gasteiger partial charge < -0.3 is 0 Å². The molecule has 2 aliphatic heterocycles. The van der Waals surface area contributed by atoms with Crippen LogP contribution in [0.4, 0.5) is 0 Å². The number of benzene rings is 1. The highest BCUT2D eigenvalue weighted by Crippen LogP contribution is 2.27. The molecule has 1 atom stereocenters. The number of carbonyl (C=O) groups is 1. The maximum absolute atomic E-state index is 12.7. The number of hydrogen-bond acceptors (Lipinski definition) is 4. The van der Waals surface area contributed by atoms with Crippen molar-refractivity contribution in [2.45, 2.75) is 18.9 Å². The van der Waals surface area contributed by atoms with Crippen molar-refractivity contribution in [3.05, 3.63) is 34.9 Å². The van der Waals surface area contributed by atoms with Crippen LogP contribution in [0, 0.1) is 5.92 Å². The van der Waals surface area contributed by atoms with Crippen LogP contribution in [0.15, 0.2) is 24.3 Å². The van der Waals surface area contributed by atoms with Gasteiger partial charge in [0.1, 0.15) is 0 Å². The zero-order chi connectivity index (χ0) is 15.4. The predicted octanol–water partition coefficient (Wildman–Crippen LogP) is 4.08. The number of piperidine rings is 1. The summed E-state index contributed by atoms with van der Waals surface area (Å²) in [5.41, 5.74) is 0.806. The van der Waals surface area contributed by atoms with E-state index < -0.39 is 0 Å². The van der Waals surface area contributed by atoms with Gasteiger partial charge in [-0.2, -0.15) is 23.5 Å². The highest BCUT2D eigenvalue weighted by Gasteiger charge is 2.30. The Kier molecular flexibility index (Phi) is 6.14. The Morgan fingerprint density at radius 1 is 1.14 bits per heavy atom. The monoisotopic (exact) mass is 355 g/mol. The summed E-state index contributed by atoms with van der Waals surface area (Å²) in [5, 5.41) is 0.689. The summed E-state index contributed by atoms with van der Waals surface area (Å²) in [4.78, 5) is 15.3. The number of Topliss-reactive ketones (excluding diaryl/α,β-unsaturated/α-hetero) is 1. The van der Waals surface area contributed by atoms with E-state index in [1.807, 2.05) is 24.3 Å². The Morgan fingerprint density at radius 2 is 1.82 bits per heavy atom. The molecule has 1 unspecified atom stereocenters. The van der Waals surface area contributed by atoms with Crippen LogP contribution in [0.25, 0.3) is 0 Å². The van der Waals surface area contributed by atoms with E-state index in [2.05, 4.69) is 28.4 Å². The summed E-state index contributed by atoms with van der Waals surface area (Å²) in [6.45, 7) is 2.07. The smallest absolute Gasteiger partial charge is 0.167 e. The first kappa shape index (κ1) is 16.7. The second kappa shape index (κ2) is 8.09. The Morgan fingerprint density at radius 3 is 2.50 bits per heavy atom. The second-order valence-electron chi connectivity index (χ2n) is 6.01. The van der Waals surface area contributed by atoms with Crippen LogP contribution < -0.4 is 0 Å². The van der Waals surface area contributed by atoms with Crippen molar-refractivity contribution in [3.63, 3.8) is 0 Å². The van der Waals surface area contributed by atoms with Gasteiger partial charge in [-0.25, -0.2) is 0 Å². The lowest BCUT2D eigenvalue weighted by atomic mass is 9.89. The average Bonchev–Trinajstić information content (AvgIpc) is 2.84. The van der Waals surface area contributed by atoms with Crippen LogP contribution in [-0.2, 0) is 0 Å². The standard InChI is InChI=1S/C17H22ClNOS2/c18-15-5-3-13(4-6-15)17(20)14-2-1-7-19(10-14)16-11-21-8-9-22-12-16/h3-6,14,16H,1-2,7-12H2. The lowest BCUT2D eigenvalue weighted by Crippen LogP contribution is -2.46. The molecule has 0 aromatic heterocycles. The van der Waals surface area contributed by atoms with E-state index in [4.69, 9.17) is 11.6 Å². The molecule has 3 rings (SSSR count). The first-order valence-electron chi connectivity index (χ1n) is 7.93. The van der Waals surface area contributed by atoms with E-state index in [0.717, 1.165) is 31.5 Å². The van der Waals surface area contributed by atoms with E-state index in [0.29, 0.717) is 11.1 Å². The summed E-state index contributed by atoms with van der Waals surface area (Å²) >= 11 is 10.0. The molecule has 120 valence electrons. The molecule has 2 fully saturated rings. The van der Waals surface area contributed by atoms with Gasteiger partial charge in [-0.15, -0.1) is 0 Å². The summed E-state index contributed by atoms with van der Waals surface area (Å²) in [7, 11) is 0. The lowest BCUT2D eigenvalue weighted by Gasteiger charge is -2.37. The van der Waals surface area contributed by atoms with Crippen molar-refractivity contribution in [2.75, 3.05) is 36.1 Å².